The first-order valence-corrected chi connectivity index (χ1v) is 14.0. The summed E-state index contributed by atoms with van der Waals surface area (Å²) in [6.45, 7) is 1.02. The van der Waals surface area contributed by atoms with Gasteiger partial charge in [-0.3, -0.25) is 9.59 Å². The Morgan fingerprint density at radius 1 is 0.535 bits per heavy atom. The van der Waals surface area contributed by atoms with Crippen molar-refractivity contribution in [3.63, 3.8) is 0 Å². The lowest BCUT2D eigenvalue weighted by Crippen LogP contribution is -2.23. The van der Waals surface area contributed by atoms with Crippen LogP contribution in [0.15, 0.2) is 133 Å². The largest absolute Gasteiger partial charge is 0.489 e. The topological polar surface area (TPSA) is 71.1 Å². The van der Waals surface area contributed by atoms with Gasteiger partial charge in [-0.15, -0.1) is 0 Å². The van der Waals surface area contributed by atoms with E-state index in [1.165, 1.54) is 7.11 Å². The highest BCUT2D eigenvalue weighted by molar-refractivity contribution is 6.13. The van der Waals surface area contributed by atoms with Crippen molar-refractivity contribution in [1.82, 2.24) is 0 Å². The van der Waals surface area contributed by atoms with Crippen LogP contribution in [0.1, 0.15) is 38.5 Å². The summed E-state index contributed by atoms with van der Waals surface area (Å²) in [6.07, 6.45) is 0. The first-order chi connectivity index (χ1) is 21.1. The van der Waals surface area contributed by atoms with Crippen molar-refractivity contribution < 1.29 is 28.5 Å². The fourth-order valence-electron chi connectivity index (χ4n) is 4.54. The van der Waals surface area contributed by atoms with Crippen molar-refractivity contribution in [2.45, 2.75) is 25.7 Å². The summed E-state index contributed by atoms with van der Waals surface area (Å²) < 4.78 is 23.1. The number of hydrogen-bond acceptors (Lipinski definition) is 6. The molecule has 0 fully saturated rings. The number of hydrogen-bond donors (Lipinski definition) is 0. The predicted molar refractivity (Wildman–Crippen MR) is 164 cm³/mol. The zero-order valence-electron chi connectivity index (χ0n) is 23.8. The molecular formula is C37H32O6. The van der Waals surface area contributed by atoms with Gasteiger partial charge in [-0.2, -0.15) is 0 Å². The Labute approximate surface area is 251 Å². The minimum absolute atomic E-state index is 0.272. The number of rotatable bonds is 13. The molecule has 0 bridgehead atoms. The van der Waals surface area contributed by atoms with Crippen LogP contribution in [0.4, 0.5) is 0 Å². The molecule has 6 heteroatoms. The third-order valence-electron chi connectivity index (χ3n) is 6.82. The Balaban J connectivity index is 1.39. The van der Waals surface area contributed by atoms with E-state index in [0.29, 0.717) is 42.6 Å². The van der Waals surface area contributed by atoms with Gasteiger partial charge in [0.2, 0.25) is 0 Å². The van der Waals surface area contributed by atoms with Crippen LogP contribution >= 0.6 is 0 Å². The first kappa shape index (κ1) is 29.1. The molecule has 5 aromatic carbocycles. The van der Waals surface area contributed by atoms with E-state index in [2.05, 4.69) is 0 Å². The summed E-state index contributed by atoms with van der Waals surface area (Å²) >= 11 is 0. The van der Waals surface area contributed by atoms with Crippen molar-refractivity contribution in [1.29, 1.82) is 0 Å². The van der Waals surface area contributed by atoms with Gasteiger partial charge in [0.1, 0.15) is 43.0 Å². The van der Waals surface area contributed by atoms with E-state index in [9.17, 15) is 9.59 Å². The van der Waals surface area contributed by atoms with Crippen molar-refractivity contribution >= 4 is 11.8 Å². The maximum atomic E-state index is 14.0. The van der Waals surface area contributed by atoms with Crippen LogP contribution in [0, 0.1) is 0 Å². The van der Waals surface area contributed by atoms with Crippen LogP contribution in [0.25, 0.3) is 0 Å². The molecule has 43 heavy (non-hydrogen) atoms. The molecule has 1 unspecified atom stereocenters. The number of methoxy groups -OCH3 is 1. The van der Waals surface area contributed by atoms with Crippen molar-refractivity contribution in [3.8, 4) is 17.2 Å². The number of ether oxygens (including phenoxy) is 4. The lowest BCUT2D eigenvalue weighted by molar-refractivity contribution is -0.141. The van der Waals surface area contributed by atoms with Gasteiger partial charge in [-0.25, -0.2) is 0 Å². The number of esters is 1. The molecule has 0 radical (unpaired) electrons. The van der Waals surface area contributed by atoms with Crippen LogP contribution in [0.5, 0.6) is 17.2 Å². The number of Topliss-reactive ketones (excluding diaryl/α,β-unsaturated/α-hetero) is 1. The second-order valence-electron chi connectivity index (χ2n) is 9.91. The smallest absolute Gasteiger partial charge is 0.321 e. The molecule has 0 amide bonds. The summed E-state index contributed by atoms with van der Waals surface area (Å²) in [5.74, 6) is -0.752. The fraction of sp³-hybridized carbons (Fsp3) is 0.135. The maximum Gasteiger partial charge on any atom is 0.321 e. The number of benzene rings is 5. The van der Waals surface area contributed by atoms with Gasteiger partial charge >= 0.3 is 5.97 Å². The second-order valence-corrected chi connectivity index (χ2v) is 9.91. The van der Waals surface area contributed by atoms with Crippen LogP contribution in [-0.2, 0) is 29.4 Å². The third-order valence-corrected chi connectivity index (χ3v) is 6.82. The zero-order valence-corrected chi connectivity index (χ0v) is 23.8. The Hall–Kier alpha value is -5.36. The Bertz CT molecular complexity index is 1560. The molecule has 6 nitrogen and oxygen atoms in total. The second kappa shape index (κ2) is 14.5. The number of carbonyl (C=O) groups is 2. The lowest BCUT2D eigenvalue weighted by Gasteiger charge is -2.17. The molecule has 0 heterocycles. The minimum atomic E-state index is -1.18. The maximum absolute atomic E-state index is 14.0. The molecule has 1 atom stereocenters. The molecule has 216 valence electrons. The standard InChI is InChI=1S/C37H32O6/c1-40-37(39)35(30-17-19-32(20-18-30)41-24-27-11-5-2-6-12-27)36(38)31-21-33(42-25-28-13-7-3-8-14-28)23-34(22-31)43-26-29-15-9-4-10-16-29/h2-23,35H,24-26H2,1H3. The summed E-state index contributed by atoms with van der Waals surface area (Å²) in [4.78, 5) is 26.9. The molecule has 5 aromatic rings. The first-order valence-electron chi connectivity index (χ1n) is 14.0. The molecule has 0 saturated heterocycles. The lowest BCUT2D eigenvalue weighted by atomic mass is 9.90. The SMILES string of the molecule is COC(=O)C(C(=O)c1cc(OCc2ccccc2)cc(OCc2ccccc2)c1)c1ccc(OCc2ccccc2)cc1. The number of carbonyl (C=O) groups excluding carboxylic acids is 2. The van der Waals surface area contributed by atoms with Crippen LogP contribution in [-0.4, -0.2) is 18.9 Å². The van der Waals surface area contributed by atoms with E-state index in [1.807, 2.05) is 91.0 Å². The fourth-order valence-corrected chi connectivity index (χ4v) is 4.54. The average molecular weight is 573 g/mol. The average Bonchev–Trinajstić information content (AvgIpc) is 3.07. The summed E-state index contributed by atoms with van der Waals surface area (Å²) in [5.41, 5.74) is 3.76. The van der Waals surface area contributed by atoms with Gasteiger partial charge in [0, 0.05) is 11.6 Å². The molecule has 0 spiro atoms. The van der Waals surface area contributed by atoms with Gasteiger partial charge in [-0.1, -0.05) is 103 Å². The van der Waals surface area contributed by atoms with Crippen LogP contribution in [0.3, 0.4) is 0 Å². The van der Waals surface area contributed by atoms with E-state index in [1.54, 1.807) is 42.5 Å². The van der Waals surface area contributed by atoms with E-state index >= 15 is 0 Å². The molecular weight excluding hydrogens is 540 g/mol. The van der Waals surface area contributed by atoms with Gasteiger partial charge in [-0.05, 0) is 46.5 Å². The van der Waals surface area contributed by atoms with Gasteiger partial charge in [0.15, 0.2) is 5.78 Å². The van der Waals surface area contributed by atoms with Gasteiger partial charge < -0.3 is 18.9 Å². The summed E-state index contributed by atoms with van der Waals surface area (Å²) in [7, 11) is 1.27. The zero-order chi connectivity index (χ0) is 29.9. The van der Waals surface area contributed by atoms with E-state index in [0.717, 1.165) is 16.7 Å². The Morgan fingerprint density at radius 3 is 1.37 bits per heavy atom. The Morgan fingerprint density at radius 2 is 0.953 bits per heavy atom. The molecule has 0 saturated carbocycles. The van der Waals surface area contributed by atoms with Crippen molar-refractivity contribution in [2.75, 3.05) is 7.11 Å². The molecule has 0 aliphatic carbocycles. The third kappa shape index (κ3) is 8.11. The van der Waals surface area contributed by atoms with Crippen LogP contribution < -0.4 is 14.2 Å². The monoisotopic (exact) mass is 572 g/mol. The number of ketones is 1. The highest BCUT2D eigenvalue weighted by Crippen LogP contribution is 2.30. The van der Waals surface area contributed by atoms with Gasteiger partial charge in [0.05, 0.1) is 7.11 Å². The highest BCUT2D eigenvalue weighted by Gasteiger charge is 2.31. The quantitative estimate of drug-likeness (QED) is 0.0824. The van der Waals surface area contributed by atoms with E-state index in [-0.39, 0.29) is 5.56 Å². The van der Waals surface area contributed by atoms with E-state index < -0.39 is 17.7 Å². The molecule has 5 rings (SSSR count). The summed E-state index contributed by atoms with van der Waals surface area (Å²) in [5, 5.41) is 0. The van der Waals surface area contributed by atoms with Crippen molar-refractivity contribution in [3.05, 3.63) is 161 Å². The minimum Gasteiger partial charge on any atom is -0.489 e. The molecule has 0 N–H and O–H groups in total. The molecule has 0 aliphatic heterocycles. The van der Waals surface area contributed by atoms with Gasteiger partial charge in [0.25, 0.3) is 0 Å². The van der Waals surface area contributed by atoms with Crippen molar-refractivity contribution in [2.24, 2.45) is 0 Å². The highest BCUT2D eigenvalue weighted by atomic mass is 16.5. The predicted octanol–water partition coefficient (Wildman–Crippen LogP) is 7.56. The molecule has 0 aliphatic rings. The normalized spacial score (nSPS) is 11.3. The van der Waals surface area contributed by atoms with E-state index in [4.69, 9.17) is 18.9 Å². The summed E-state index contributed by atoms with van der Waals surface area (Å²) in [6, 6.07) is 41.2. The van der Waals surface area contributed by atoms with Crippen LogP contribution in [0.2, 0.25) is 0 Å². The Kier molecular flexibility index (Phi) is 9.83. The molecule has 0 aromatic heterocycles.